The molecule has 0 unspecified atom stereocenters. The minimum absolute atomic E-state index is 0.0106. The highest BCUT2D eigenvalue weighted by atomic mass is 35.5. The van der Waals surface area contributed by atoms with Crippen LogP contribution in [0.4, 0.5) is 11.5 Å². The average Bonchev–Trinajstić information content (AvgIpc) is 2.51. The molecule has 0 aliphatic carbocycles. The lowest BCUT2D eigenvalue weighted by atomic mass is 10.2. The summed E-state index contributed by atoms with van der Waals surface area (Å²) >= 11 is 6.00. The van der Waals surface area contributed by atoms with Crippen LogP contribution in [-0.4, -0.2) is 29.5 Å². The third kappa shape index (κ3) is 2.75. The van der Waals surface area contributed by atoms with E-state index in [1.807, 2.05) is 0 Å². The summed E-state index contributed by atoms with van der Waals surface area (Å²) in [5.41, 5.74) is 1.34. The molecule has 2 aromatic rings. The van der Waals surface area contributed by atoms with E-state index < -0.39 is 0 Å². The molecular formula is C14H13ClN4O2. The molecule has 0 bridgehead atoms. The molecule has 1 aromatic heterocycles. The van der Waals surface area contributed by atoms with Crippen molar-refractivity contribution in [3.05, 3.63) is 41.3 Å². The fourth-order valence-corrected chi connectivity index (χ4v) is 2.24. The Morgan fingerprint density at radius 3 is 2.95 bits per heavy atom. The third-order valence-electron chi connectivity index (χ3n) is 3.15. The molecule has 3 rings (SSSR count). The first-order chi connectivity index (χ1) is 10.2. The molecule has 0 spiro atoms. The molecule has 0 radical (unpaired) electrons. The standard InChI is InChI=1S/C14H13ClN4O2/c1-16-13-6-17-10(5-18-13)7-19-11-4-9(15)2-3-12(11)21-8-14(19)20/h2-6H,7-8H2,1H3,(H,16,18). The third-order valence-corrected chi connectivity index (χ3v) is 3.38. The Hall–Kier alpha value is -2.34. The normalized spacial score (nSPS) is 13.6. The van der Waals surface area contributed by atoms with Crippen molar-refractivity contribution in [2.45, 2.75) is 6.54 Å². The zero-order valence-electron chi connectivity index (χ0n) is 11.3. The Bertz CT molecular complexity index is 675. The fourth-order valence-electron chi connectivity index (χ4n) is 2.08. The predicted octanol–water partition coefficient (Wildman–Crippen LogP) is 2.10. The zero-order valence-corrected chi connectivity index (χ0v) is 12.1. The number of hydrogen-bond donors (Lipinski definition) is 1. The van der Waals surface area contributed by atoms with Crippen molar-refractivity contribution in [1.29, 1.82) is 0 Å². The van der Waals surface area contributed by atoms with Gasteiger partial charge in [-0.15, -0.1) is 0 Å². The molecule has 1 aliphatic rings. The van der Waals surface area contributed by atoms with Crippen LogP contribution < -0.4 is 15.0 Å². The van der Waals surface area contributed by atoms with Crippen LogP contribution in [0.25, 0.3) is 0 Å². The largest absolute Gasteiger partial charge is 0.482 e. The number of nitrogens with one attached hydrogen (secondary N) is 1. The van der Waals surface area contributed by atoms with E-state index in [-0.39, 0.29) is 12.5 Å². The maximum atomic E-state index is 12.1. The number of rotatable bonds is 3. The summed E-state index contributed by atoms with van der Waals surface area (Å²) in [7, 11) is 1.77. The highest BCUT2D eigenvalue weighted by Gasteiger charge is 2.26. The molecule has 0 fully saturated rings. The first kappa shape index (κ1) is 13.6. The van der Waals surface area contributed by atoms with Crippen LogP contribution >= 0.6 is 11.6 Å². The highest BCUT2D eigenvalue weighted by molar-refractivity contribution is 6.31. The van der Waals surface area contributed by atoms with Crippen LogP contribution in [0, 0.1) is 0 Å². The topological polar surface area (TPSA) is 67.4 Å². The molecule has 2 heterocycles. The first-order valence-electron chi connectivity index (χ1n) is 6.39. The summed E-state index contributed by atoms with van der Waals surface area (Å²) in [4.78, 5) is 22.2. The SMILES string of the molecule is CNc1cnc(CN2C(=O)COc3ccc(Cl)cc32)cn1. The first-order valence-corrected chi connectivity index (χ1v) is 6.76. The summed E-state index contributed by atoms with van der Waals surface area (Å²) in [6, 6.07) is 5.20. The molecule has 7 heteroatoms. The Morgan fingerprint density at radius 1 is 1.38 bits per heavy atom. The van der Waals surface area contributed by atoms with Crippen LogP contribution in [-0.2, 0) is 11.3 Å². The Balaban J connectivity index is 1.90. The number of anilines is 2. The van der Waals surface area contributed by atoms with Crippen LogP contribution in [0.15, 0.2) is 30.6 Å². The maximum Gasteiger partial charge on any atom is 0.265 e. The molecule has 0 saturated carbocycles. The number of carbonyl (C=O) groups excluding carboxylic acids is 1. The van der Waals surface area contributed by atoms with Gasteiger partial charge < -0.3 is 10.1 Å². The van der Waals surface area contributed by atoms with Gasteiger partial charge in [-0.25, -0.2) is 4.98 Å². The summed E-state index contributed by atoms with van der Waals surface area (Å²) in [6.45, 7) is 0.336. The molecule has 1 aromatic carbocycles. The van der Waals surface area contributed by atoms with Crippen molar-refractivity contribution >= 4 is 29.0 Å². The van der Waals surface area contributed by atoms with Gasteiger partial charge in [0, 0.05) is 12.1 Å². The molecule has 1 amide bonds. The number of carbonyl (C=O) groups is 1. The van der Waals surface area contributed by atoms with Gasteiger partial charge in [0.05, 0.1) is 30.3 Å². The molecule has 0 atom stereocenters. The van der Waals surface area contributed by atoms with E-state index in [2.05, 4.69) is 15.3 Å². The molecule has 6 nitrogen and oxygen atoms in total. The summed E-state index contributed by atoms with van der Waals surface area (Å²) in [5, 5.41) is 3.45. The minimum Gasteiger partial charge on any atom is -0.482 e. The Kier molecular flexibility index (Phi) is 3.62. The van der Waals surface area contributed by atoms with Crippen molar-refractivity contribution in [3.63, 3.8) is 0 Å². The molecule has 21 heavy (non-hydrogen) atoms. The molecule has 1 aliphatic heterocycles. The highest BCUT2D eigenvalue weighted by Crippen LogP contribution is 2.35. The number of aromatic nitrogens is 2. The Morgan fingerprint density at radius 2 is 2.24 bits per heavy atom. The maximum absolute atomic E-state index is 12.1. The Labute approximate surface area is 126 Å². The number of halogens is 1. The molecular weight excluding hydrogens is 292 g/mol. The number of nitrogens with zero attached hydrogens (tertiary/aromatic N) is 3. The second kappa shape index (κ2) is 5.57. The van der Waals surface area contributed by atoms with Crippen molar-refractivity contribution in [2.75, 3.05) is 23.9 Å². The van der Waals surface area contributed by atoms with E-state index >= 15 is 0 Å². The van der Waals surface area contributed by atoms with Gasteiger partial charge in [-0.1, -0.05) is 11.6 Å². The van der Waals surface area contributed by atoms with E-state index in [9.17, 15) is 4.79 Å². The van der Waals surface area contributed by atoms with E-state index in [0.29, 0.717) is 34.5 Å². The number of benzene rings is 1. The lowest BCUT2D eigenvalue weighted by Gasteiger charge is -2.29. The lowest BCUT2D eigenvalue weighted by molar-refractivity contribution is -0.121. The van der Waals surface area contributed by atoms with Crippen LogP contribution in [0.3, 0.4) is 0 Å². The summed E-state index contributed by atoms with van der Waals surface area (Å²) < 4.78 is 5.40. The lowest BCUT2D eigenvalue weighted by Crippen LogP contribution is -2.38. The molecule has 1 N–H and O–H groups in total. The smallest absolute Gasteiger partial charge is 0.265 e. The van der Waals surface area contributed by atoms with Gasteiger partial charge >= 0.3 is 0 Å². The van der Waals surface area contributed by atoms with Gasteiger partial charge in [0.1, 0.15) is 11.6 Å². The van der Waals surface area contributed by atoms with Gasteiger partial charge in [-0.05, 0) is 18.2 Å². The second-order valence-corrected chi connectivity index (χ2v) is 4.96. The monoisotopic (exact) mass is 304 g/mol. The van der Waals surface area contributed by atoms with Crippen molar-refractivity contribution in [2.24, 2.45) is 0 Å². The van der Waals surface area contributed by atoms with Gasteiger partial charge in [-0.2, -0.15) is 0 Å². The van der Waals surface area contributed by atoms with E-state index in [0.717, 1.165) is 0 Å². The van der Waals surface area contributed by atoms with E-state index in [1.165, 1.54) is 0 Å². The number of amides is 1. The van der Waals surface area contributed by atoms with Crippen LogP contribution in [0.2, 0.25) is 5.02 Å². The number of ether oxygens (including phenoxy) is 1. The van der Waals surface area contributed by atoms with Gasteiger partial charge in [0.25, 0.3) is 5.91 Å². The zero-order chi connectivity index (χ0) is 14.8. The van der Waals surface area contributed by atoms with Crippen molar-refractivity contribution in [3.8, 4) is 5.75 Å². The van der Waals surface area contributed by atoms with Crippen LogP contribution in [0.1, 0.15) is 5.69 Å². The fraction of sp³-hybridized carbons (Fsp3) is 0.214. The van der Waals surface area contributed by atoms with Gasteiger partial charge in [0.2, 0.25) is 0 Å². The molecule has 108 valence electrons. The number of fused-ring (bicyclic) bond motifs is 1. The van der Waals surface area contributed by atoms with Gasteiger partial charge in [0.15, 0.2) is 6.61 Å². The van der Waals surface area contributed by atoms with E-state index in [4.69, 9.17) is 16.3 Å². The van der Waals surface area contributed by atoms with Crippen LogP contribution in [0.5, 0.6) is 5.75 Å². The average molecular weight is 305 g/mol. The van der Waals surface area contributed by atoms with Gasteiger partial charge in [-0.3, -0.25) is 14.7 Å². The molecule has 0 saturated heterocycles. The van der Waals surface area contributed by atoms with E-state index in [1.54, 1.807) is 42.5 Å². The van der Waals surface area contributed by atoms with Crippen molar-refractivity contribution in [1.82, 2.24) is 9.97 Å². The second-order valence-electron chi connectivity index (χ2n) is 4.52. The summed E-state index contributed by atoms with van der Waals surface area (Å²) in [5.74, 6) is 1.18. The minimum atomic E-state index is -0.135. The summed E-state index contributed by atoms with van der Waals surface area (Å²) in [6.07, 6.45) is 3.26. The quantitative estimate of drug-likeness (QED) is 0.940. The number of hydrogen-bond acceptors (Lipinski definition) is 5. The van der Waals surface area contributed by atoms with Crippen molar-refractivity contribution < 1.29 is 9.53 Å². The predicted molar refractivity (Wildman–Crippen MR) is 79.7 cm³/mol.